The zero-order chi connectivity index (χ0) is 16.4. The third-order valence-electron chi connectivity index (χ3n) is 4.92. The number of furan rings is 1. The molecule has 2 aromatic heterocycles. The summed E-state index contributed by atoms with van der Waals surface area (Å²) in [5, 5.41) is 0. The SMILES string of the molecule is O=C(c1ccoc1)N1CC[C@@H](OCC2CC2)[C@H]1Cc1cccnc1. The van der Waals surface area contributed by atoms with Crippen LogP contribution in [-0.2, 0) is 11.2 Å². The molecule has 1 aliphatic heterocycles. The van der Waals surface area contributed by atoms with E-state index >= 15 is 0 Å². The average Bonchev–Trinajstić information content (AvgIpc) is 3.12. The quantitative estimate of drug-likeness (QED) is 0.819. The normalized spacial score (nSPS) is 23.6. The van der Waals surface area contributed by atoms with E-state index in [1.165, 1.54) is 19.1 Å². The Labute approximate surface area is 141 Å². The molecule has 24 heavy (non-hydrogen) atoms. The standard InChI is InChI=1S/C19H22N2O3/c22-19(16-6-9-23-13-16)21-8-5-18(24-12-14-3-4-14)17(21)10-15-2-1-7-20-11-15/h1-2,6-7,9,11,13-14,17-18H,3-5,8,10,12H2/t17-,18-/m1/s1. The molecule has 0 bridgehead atoms. The highest BCUT2D eigenvalue weighted by Gasteiger charge is 2.39. The van der Waals surface area contributed by atoms with Crippen molar-refractivity contribution in [2.24, 2.45) is 5.92 Å². The van der Waals surface area contributed by atoms with Gasteiger partial charge in [-0.2, -0.15) is 0 Å². The molecular weight excluding hydrogens is 304 g/mol. The van der Waals surface area contributed by atoms with E-state index in [-0.39, 0.29) is 18.1 Å². The Bertz CT molecular complexity index is 667. The number of ether oxygens (including phenoxy) is 1. The first-order valence-electron chi connectivity index (χ1n) is 8.65. The van der Waals surface area contributed by atoms with Gasteiger partial charge in [-0.3, -0.25) is 9.78 Å². The second-order valence-electron chi connectivity index (χ2n) is 6.75. The monoisotopic (exact) mass is 326 g/mol. The smallest absolute Gasteiger partial charge is 0.257 e. The number of carbonyl (C=O) groups excluding carboxylic acids is 1. The van der Waals surface area contributed by atoms with Gasteiger partial charge in [-0.05, 0) is 49.3 Å². The fourth-order valence-electron chi connectivity index (χ4n) is 3.37. The largest absolute Gasteiger partial charge is 0.472 e. The van der Waals surface area contributed by atoms with E-state index < -0.39 is 0 Å². The molecule has 5 nitrogen and oxygen atoms in total. The molecule has 2 aromatic rings. The summed E-state index contributed by atoms with van der Waals surface area (Å²) in [5.74, 6) is 0.748. The molecule has 0 radical (unpaired) electrons. The van der Waals surface area contributed by atoms with Gasteiger partial charge in [-0.1, -0.05) is 6.07 Å². The number of nitrogens with zero attached hydrogens (tertiary/aromatic N) is 2. The fourth-order valence-corrected chi connectivity index (χ4v) is 3.37. The first-order chi connectivity index (χ1) is 11.8. The molecule has 5 heteroatoms. The van der Waals surface area contributed by atoms with Gasteiger partial charge in [0.05, 0.1) is 24.0 Å². The van der Waals surface area contributed by atoms with Crippen molar-refractivity contribution in [2.75, 3.05) is 13.2 Å². The number of likely N-dealkylation sites (tertiary alicyclic amines) is 1. The molecule has 0 N–H and O–H groups in total. The number of rotatable bonds is 6. The second kappa shape index (κ2) is 6.77. The zero-order valence-electron chi connectivity index (χ0n) is 13.6. The zero-order valence-corrected chi connectivity index (χ0v) is 13.6. The van der Waals surface area contributed by atoms with Crippen molar-refractivity contribution in [3.8, 4) is 0 Å². The first-order valence-corrected chi connectivity index (χ1v) is 8.65. The number of hydrogen-bond donors (Lipinski definition) is 0. The molecule has 2 fully saturated rings. The molecule has 1 saturated carbocycles. The van der Waals surface area contributed by atoms with Crippen LogP contribution < -0.4 is 0 Å². The minimum absolute atomic E-state index is 0.0233. The average molecular weight is 326 g/mol. The summed E-state index contributed by atoms with van der Waals surface area (Å²) in [5.41, 5.74) is 1.74. The van der Waals surface area contributed by atoms with Crippen molar-refractivity contribution in [2.45, 2.75) is 37.8 Å². The summed E-state index contributed by atoms with van der Waals surface area (Å²) in [6.07, 6.45) is 11.0. The highest BCUT2D eigenvalue weighted by molar-refractivity contribution is 5.94. The van der Waals surface area contributed by atoms with Crippen LogP contribution in [0.25, 0.3) is 0 Å². The Hall–Kier alpha value is -2.14. The maximum atomic E-state index is 12.8. The van der Waals surface area contributed by atoms with E-state index in [4.69, 9.17) is 9.15 Å². The molecule has 126 valence electrons. The molecule has 4 rings (SSSR count). The molecule has 0 unspecified atom stereocenters. The lowest BCUT2D eigenvalue weighted by Gasteiger charge is -2.28. The number of hydrogen-bond acceptors (Lipinski definition) is 4. The number of carbonyl (C=O) groups is 1. The molecule has 1 aliphatic carbocycles. The van der Waals surface area contributed by atoms with Crippen LogP contribution >= 0.6 is 0 Å². The minimum atomic E-state index is 0.0233. The van der Waals surface area contributed by atoms with Gasteiger partial charge in [-0.25, -0.2) is 0 Å². The lowest BCUT2D eigenvalue weighted by Crippen LogP contribution is -2.42. The predicted octanol–water partition coefficient (Wildman–Crippen LogP) is 2.93. The highest BCUT2D eigenvalue weighted by atomic mass is 16.5. The molecule has 3 heterocycles. The first kappa shape index (κ1) is 15.4. The predicted molar refractivity (Wildman–Crippen MR) is 88.6 cm³/mol. The van der Waals surface area contributed by atoms with Crippen LogP contribution in [0.4, 0.5) is 0 Å². The van der Waals surface area contributed by atoms with Crippen LogP contribution in [0.15, 0.2) is 47.5 Å². The van der Waals surface area contributed by atoms with Gasteiger partial charge in [0.15, 0.2) is 0 Å². The highest BCUT2D eigenvalue weighted by Crippen LogP contribution is 2.32. The summed E-state index contributed by atoms with van der Waals surface area (Å²) in [6, 6.07) is 5.77. The molecule has 0 spiro atoms. The van der Waals surface area contributed by atoms with Crippen LogP contribution in [0.5, 0.6) is 0 Å². The minimum Gasteiger partial charge on any atom is -0.472 e. The van der Waals surface area contributed by atoms with E-state index in [9.17, 15) is 4.79 Å². The molecular formula is C19H22N2O3. The Morgan fingerprint density at radius 1 is 1.33 bits per heavy atom. The van der Waals surface area contributed by atoms with Crippen molar-refractivity contribution in [3.63, 3.8) is 0 Å². The summed E-state index contributed by atoms with van der Waals surface area (Å²) in [6.45, 7) is 1.55. The fraction of sp³-hybridized carbons (Fsp3) is 0.474. The second-order valence-corrected chi connectivity index (χ2v) is 6.75. The van der Waals surface area contributed by atoms with E-state index in [0.717, 1.165) is 37.5 Å². The molecule has 2 aliphatic rings. The number of pyridine rings is 1. The van der Waals surface area contributed by atoms with Crippen LogP contribution in [0.2, 0.25) is 0 Å². The Balaban J connectivity index is 1.51. The van der Waals surface area contributed by atoms with Gasteiger partial charge < -0.3 is 14.1 Å². The van der Waals surface area contributed by atoms with E-state index in [2.05, 4.69) is 11.1 Å². The van der Waals surface area contributed by atoms with Gasteiger partial charge in [-0.15, -0.1) is 0 Å². The Morgan fingerprint density at radius 3 is 2.96 bits per heavy atom. The molecule has 1 saturated heterocycles. The van der Waals surface area contributed by atoms with E-state index in [1.54, 1.807) is 18.5 Å². The van der Waals surface area contributed by atoms with Gasteiger partial charge in [0.2, 0.25) is 0 Å². The van der Waals surface area contributed by atoms with E-state index in [0.29, 0.717) is 5.56 Å². The number of amides is 1. The molecule has 2 atom stereocenters. The van der Waals surface area contributed by atoms with Crippen molar-refractivity contribution in [1.82, 2.24) is 9.88 Å². The molecule has 1 amide bonds. The van der Waals surface area contributed by atoms with Gasteiger partial charge in [0.25, 0.3) is 5.91 Å². The van der Waals surface area contributed by atoms with E-state index in [1.807, 2.05) is 17.2 Å². The summed E-state index contributed by atoms with van der Waals surface area (Å²) >= 11 is 0. The van der Waals surface area contributed by atoms with Crippen molar-refractivity contribution in [3.05, 3.63) is 54.2 Å². The van der Waals surface area contributed by atoms with Crippen LogP contribution in [-0.4, -0.2) is 41.1 Å². The number of aromatic nitrogens is 1. The van der Waals surface area contributed by atoms with Gasteiger partial charge in [0.1, 0.15) is 6.26 Å². The Morgan fingerprint density at radius 2 is 2.25 bits per heavy atom. The van der Waals surface area contributed by atoms with Crippen molar-refractivity contribution < 1.29 is 13.9 Å². The summed E-state index contributed by atoms with van der Waals surface area (Å²) in [4.78, 5) is 18.9. The van der Waals surface area contributed by atoms with Gasteiger partial charge >= 0.3 is 0 Å². The van der Waals surface area contributed by atoms with Crippen LogP contribution in [0, 0.1) is 5.92 Å². The van der Waals surface area contributed by atoms with Crippen LogP contribution in [0.1, 0.15) is 35.2 Å². The lowest BCUT2D eigenvalue weighted by molar-refractivity contribution is 0.0200. The third-order valence-corrected chi connectivity index (χ3v) is 4.92. The maximum absolute atomic E-state index is 12.8. The van der Waals surface area contributed by atoms with Crippen molar-refractivity contribution >= 4 is 5.91 Å². The Kier molecular flexibility index (Phi) is 4.34. The maximum Gasteiger partial charge on any atom is 0.257 e. The third kappa shape index (κ3) is 3.36. The van der Waals surface area contributed by atoms with Gasteiger partial charge in [0, 0.05) is 25.5 Å². The van der Waals surface area contributed by atoms with Crippen molar-refractivity contribution in [1.29, 1.82) is 0 Å². The van der Waals surface area contributed by atoms with Crippen LogP contribution in [0.3, 0.4) is 0 Å². The molecule has 0 aromatic carbocycles. The topological polar surface area (TPSA) is 55.6 Å². The lowest BCUT2D eigenvalue weighted by atomic mass is 10.0. The summed E-state index contributed by atoms with van der Waals surface area (Å²) in [7, 11) is 0. The summed E-state index contributed by atoms with van der Waals surface area (Å²) < 4.78 is 11.2.